The van der Waals surface area contributed by atoms with E-state index in [1.807, 2.05) is 61.5 Å². The molecule has 4 atom stereocenters. The minimum atomic E-state index is -4.64. The Morgan fingerprint density at radius 1 is 0.730 bits per heavy atom. The second-order valence-electron chi connectivity index (χ2n) is 28.9. The van der Waals surface area contributed by atoms with Crippen LogP contribution in [0.15, 0.2) is 142 Å². The molecule has 30 nitrogen and oxygen atoms in total. The van der Waals surface area contributed by atoms with Gasteiger partial charge in [-0.3, -0.25) is 42.2 Å². The SMILES string of the molecule is CC1(C)C(/C=C/C2=C(Oc3ccc(C[C@H](NC(=O)CCOCCOCCNC(=O)Cc4ccc(CNC(=O)C[C@@H]5C[C@@H](C(=O)N6CC(F)(F)C[C@H]6C#N)NC5=O)cc4)C(=O)O)cc3)C(=C/C=C3/N(CCCCS(=O)(=O)O)c4ccc(S(=O)(=O)O)cc4C3(C)C)/CCC2)=[N+](CCCCS(=O)(=O)O)c2ccc(S(=O)(=O)O)cc21. The summed E-state index contributed by atoms with van der Waals surface area (Å²) in [6.45, 7) is 7.56. The molecule has 0 radical (unpaired) electrons. The molecule has 2 fully saturated rings. The summed E-state index contributed by atoms with van der Waals surface area (Å²) >= 11 is 0. The van der Waals surface area contributed by atoms with Crippen molar-refractivity contribution in [3.8, 4) is 11.8 Å². The number of halogens is 2. The minimum Gasteiger partial charge on any atom is -0.480 e. The molecule has 5 amide bonds. The predicted molar refractivity (Wildman–Crippen MR) is 400 cm³/mol. The first-order valence-corrected chi connectivity index (χ1v) is 42.0. The van der Waals surface area contributed by atoms with E-state index < -0.39 is 135 Å². The average Bonchev–Trinajstić information content (AvgIpc) is 1.42. The molecular weight excluding hydrogens is 1530 g/mol. The summed E-state index contributed by atoms with van der Waals surface area (Å²) in [4.78, 5) is 78.7. The Hall–Kier alpha value is -9.16. The van der Waals surface area contributed by atoms with Crippen LogP contribution >= 0.6 is 0 Å². The normalized spacial score (nSPS) is 19.8. The molecule has 4 heterocycles. The van der Waals surface area contributed by atoms with E-state index in [4.69, 9.17) is 14.2 Å². The first-order valence-electron chi connectivity index (χ1n) is 35.9. The molecule has 2 saturated heterocycles. The Balaban J connectivity index is 0.794. The zero-order chi connectivity index (χ0) is 81.0. The van der Waals surface area contributed by atoms with Crippen molar-refractivity contribution in [2.75, 3.05) is 69.0 Å². The molecule has 36 heteroatoms. The van der Waals surface area contributed by atoms with E-state index in [0.717, 1.165) is 4.90 Å². The van der Waals surface area contributed by atoms with Crippen LogP contribution in [0.25, 0.3) is 0 Å². The molecule has 5 aliphatic rings. The number of anilines is 1. The van der Waals surface area contributed by atoms with Gasteiger partial charge in [0.15, 0.2) is 5.71 Å². The van der Waals surface area contributed by atoms with Gasteiger partial charge in [0.05, 0.1) is 72.2 Å². The third kappa shape index (κ3) is 23.3. The highest BCUT2D eigenvalue weighted by Gasteiger charge is 2.51. The Kier molecular flexibility index (Phi) is 27.9. The lowest BCUT2D eigenvalue weighted by Gasteiger charge is -2.27. The van der Waals surface area contributed by atoms with Gasteiger partial charge in [0.2, 0.25) is 35.2 Å². The first kappa shape index (κ1) is 85.8. The number of fused-ring (bicyclic) bond motifs is 2. The van der Waals surface area contributed by atoms with Gasteiger partial charge in [-0.1, -0.05) is 56.3 Å². The van der Waals surface area contributed by atoms with Gasteiger partial charge in [-0.15, -0.1) is 0 Å². The highest BCUT2D eigenvalue weighted by molar-refractivity contribution is 7.86. The van der Waals surface area contributed by atoms with E-state index in [0.29, 0.717) is 92.5 Å². The molecule has 9 rings (SSSR count). The number of carboxylic acid groups (broad SMARTS) is 1. The lowest BCUT2D eigenvalue weighted by molar-refractivity contribution is -0.438. The highest BCUT2D eigenvalue weighted by Crippen LogP contribution is 2.49. The summed E-state index contributed by atoms with van der Waals surface area (Å²) < 4.78 is 184. The maximum absolute atomic E-state index is 13.9. The molecule has 600 valence electrons. The Morgan fingerprint density at radius 2 is 1.36 bits per heavy atom. The number of rotatable bonds is 37. The third-order valence-electron chi connectivity index (χ3n) is 19.9. The van der Waals surface area contributed by atoms with Gasteiger partial charge >= 0.3 is 5.97 Å². The number of amides is 5. The maximum atomic E-state index is 13.9. The predicted octanol–water partition coefficient (Wildman–Crippen LogP) is 6.74. The molecule has 0 saturated carbocycles. The van der Waals surface area contributed by atoms with Gasteiger partial charge in [0.25, 0.3) is 46.4 Å². The maximum Gasteiger partial charge on any atom is 0.326 e. The van der Waals surface area contributed by atoms with Gasteiger partial charge in [-0.05, 0) is 147 Å². The number of ether oxygens (including phenoxy) is 3. The fourth-order valence-electron chi connectivity index (χ4n) is 14.2. The van der Waals surface area contributed by atoms with Crippen molar-refractivity contribution in [2.24, 2.45) is 5.92 Å². The standard InChI is InChI=1S/C75H90F2N8O22S4/c1-73(2)58-42-56(110(99,100)101)22-24-62(58)83(30-5-7-36-108(93,94)95)64(73)26-18-51-10-9-11-52(19-27-65-74(3,4)59-43-57(111(102,103)104)23-25-63(59)84(65)31-6-8-37-109(96,97)98)69(51)107-55-20-16-48(17-21-55)38-61(72(91)92)81-66(86)28-32-105-34-35-106-33-29-79-67(87)39-49-12-14-50(15-13-49)46-80-68(88)41-53-40-60(82-70(53)89)71(90)85-47-75(76,77)44-54(85)45-78/h12-27,42-43,53-54,60-61H,5-11,28-41,44,46-47H2,1-4H3,(H8-,79,80,81,82,86,87,88,89,91,92,93,94,95,96,97,98,99,100,101,102,103,104)/p+1/t53-,54-,60-,61-/m0/s1. The van der Waals surface area contributed by atoms with Crippen LogP contribution in [0.3, 0.4) is 0 Å². The van der Waals surface area contributed by atoms with Gasteiger partial charge in [-0.25, -0.2) is 13.6 Å². The van der Waals surface area contributed by atoms with Crippen molar-refractivity contribution >= 4 is 93.1 Å². The first-order chi connectivity index (χ1) is 52.1. The van der Waals surface area contributed by atoms with Crippen LogP contribution in [0.4, 0.5) is 20.2 Å². The van der Waals surface area contributed by atoms with Gasteiger partial charge < -0.3 is 50.4 Å². The number of likely N-dealkylation sites (tertiary alicyclic amines) is 1. The second kappa shape index (κ2) is 36.1. The summed E-state index contributed by atoms with van der Waals surface area (Å²) in [7, 11) is -17.8. The third-order valence-corrected chi connectivity index (χ3v) is 23.2. The fourth-order valence-corrected chi connectivity index (χ4v) is 16.3. The molecular formula is C75H91F2N8O22S4+. The fraction of sp³-hybridized carbons (Fsp3) is 0.467. The number of carbonyl (C=O) groups is 6. The van der Waals surface area contributed by atoms with Crippen LogP contribution in [0.5, 0.6) is 5.75 Å². The molecule has 4 aromatic rings. The summed E-state index contributed by atoms with van der Waals surface area (Å²) in [5.41, 5.74) is 5.05. The number of carboxylic acids is 1. The summed E-state index contributed by atoms with van der Waals surface area (Å²) in [5.74, 6) is -8.38. The molecule has 0 aromatic heterocycles. The quantitative estimate of drug-likeness (QED) is 0.0128. The van der Waals surface area contributed by atoms with Gasteiger partial charge in [0, 0.05) is 92.2 Å². The lowest BCUT2D eigenvalue weighted by Crippen LogP contribution is -2.46. The lowest BCUT2D eigenvalue weighted by atomic mass is 9.81. The monoisotopic (exact) mass is 1620 g/mol. The number of hydrogen-bond acceptors (Lipinski definition) is 19. The van der Waals surface area contributed by atoms with Crippen molar-refractivity contribution in [1.82, 2.24) is 26.2 Å². The Bertz CT molecular complexity index is 4910. The van der Waals surface area contributed by atoms with Gasteiger partial charge in [0.1, 0.15) is 36.2 Å². The Morgan fingerprint density at radius 3 is 2.01 bits per heavy atom. The van der Waals surface area contributed by atoms with E-state index in [1.165, 1.54) is 24.3 Å². The average molecular weight is 1620 g/mol. The molecule has 0 bridgehead atoms. The van der Waals surface area contributed by atoms with Crippen molar-refractivity contribution in [3.05, 3.63) is 160 Å². The van der Waals surface area contributed by atoms with Crippen LogP contribution < -0.4 is 30.9 Å². The molecule has 0 spiro atoms. The Labute approximate surface area is 643 Å². The zero-order valence-electron chi connectivity index (χ0n) is 61.5. The molecule has 1 aliphatic carbocycles. The van der Waals surface area contributed by atoms with Crippen molar-refractivity contribution in [3.63, 3.8) is 0 Å². The highest BCUT2D eigenvalue weighted by atomic mass is 32.2. The van der Waals surface area contributed by atoms with E-state index in [9.17, 15) is 99.8 Å². The second-order valence-corrected chi connectivity index (χ2v) is 34.9. The van der Waals surface area contributed by atoms with Crippen LogP contribution in [0.1, 0.15) is 126 Å². The smallest absolute Gasteiger partial charge is 0.326 e. The van der Waals surface area contributed by atoms with Crippen LogP contribution in [0.2, 0.25) is 0 Å². The number of nitrogens with zero attached hydrogens (tertiary/aromatic N) is 4. The number of nitriles is 1. The van der Waals surface area contributed by atoms with Crippen molar-refractivity contribution < 1.29 is 113 Å². The summed E-state index contributed by atoms with van der Waals surface area (Å²) in [6, 6.07) is 19.7. The van der Waals surface area contributed by atoms with E-state index in [-0.39, 0.29) is 126 Å². The number of carbonyl (C=O) groups excluding carboxylic acids is 5. The van der Waals surface area contributed by atoms with Crippen molar-refractivity contribution in [2.45, 2.75) is 162 Å². The number of hydrogen-bond donors (Lipinski definition) is 9. The topological polar surface area (TPSA) is 449 Å². The number of aliphatic carboxylic acids is 1. The van der Waals surface area contributed by atoms with E-state index >= 15 is 0 Å². The summed E-state index contributed by atoms with van der Waals surface area (Å²) in [5, 5.41) is 30.0. The largest absolute Gasteiger partial charge is 0.480 e. The molecule has 4 aromatic carbocycles. The van der Waals surface area contributed by atoms with Crippen LogP contribution in [-0.2, 0) is 109 Å². The number of allylic oxidation sites excluding steroid dienone is 7. The zero-order valence-corrected chi connectivity index (χ0v) is 64.8. The molecule has 4 aliphatic heterocycles. The van der Waals surface area contributed by atoms with E-state index in [2.05, 4.69) is 21.3 Å². The number of unbranched alkanes of at least 4 members (excludes halogenated alkanes) is 2. The summed E-state index contributed by atoms with van der Waals surface area (Å²) in [6.07, 6.45) is 8.31. The van der Waals surface area contributed by atoms with Crippen LogP contribution in [0, 0.1) is 17.2 Å². The molecule has 9 N–H and O–H groups in total. The van der Waals surface area contributed by atoms with Crippen molar-refractivity contribution in [1.29, 1.82) is 5.26 Å². The number of nitrogens with one attached hydrogen (secondary N) is 4. The number of alkyl halides is 2. The van der Waals surface area contributed by atoms with Crippen LogP contribution in [-0.4, -0.2) is 196 Å². The molecule has 111 heavy (non-hydrogen) atoms. The molecule has 0 unspecified atom stereocenters. The number of benzene rings is 4. The van der Waals surface area contributed by atoms with Gasteiger partial charge in [-0.2, -0.15) is 43.5 Å². The minimum absolute atomic E-state index is 0.0400. The van der Waals surface area contributed by atoms with E-state index in [1.54, 1.807) is 66.7 Å².